The number of nitrogens with zero attached hydrogens (tertiary/aromatic N) is 3. The minimum atomic E-state index is -0.559. The largest absolute Gasteiger partial charge is 0.389 e. The lowest BCUT2D eigenvalue weighted by molar-refractivity contribution is -0.137. The van der Waals surface area contributed by atoms with E-state index < -0.39 is 6.10 Å². The molecule has 5 nitrogen and oxygen atoms in total. The lowest BCUT2D eigenvalue weighted by Gasteiger charge is -2.25. The first-order valence-electron chi connectivity index (χ1n) is 7.32. The van der Waals surface area contributed by atoms with E-state index in [1.165, 1.54) is 0 Å². The molecule has 1 saturated carbocycles. The van der Waals surface area contributed by atoms with Gasteiger partial charge in [-0.2, -0.15) is 0 Å². The van der Waals surface area contributed by atoms with E-state index in [1.807, 2.05) is 17.9 Å². The maximum Gasteiger partial charge on any atom is 0.228 e. The van der Waals surface area contributed by atoms with Crippen LogP contribution >= 0.6 is 11.6 Å². The van der Waals surface area contributed by atoms with Gasteiger partial charge in [0, 0.05) is 37.8 Å². The van der Waals surface area contributed by atoms with Crippen molar-refractivity contribution in [2.24, 2.45) is 5.41 Å². The number of β-amino-alcohol motifs (C(OH)–C–C–N with tert-alkyl or cyclic N) is 1. The molecule has 114 valence electrons. The van der Waals surface area contributed by atoms with E-state index >= 15 is 0 Å². The van der Waals surface area contributed by atoms with E-state index in [0.717, 1.165) is 18.7 Å². The molecule has 1 saturated heterocycles. The van der Waals surface area contributed by atoms with Crippen LogP contribution in [0, 0.1) is 5.41 Å². The predicted octanol–water partition coefficient (Wildman–Crippen LogP) is 1.54. The summed E-state index contributed by atoms with van der Waals surface area (Å²) in [6, 6.07) is 3.63. The first kappa shape index (κ1) is 14.6. The molecule has 2 aliphatic rings. The van der Waals surface area contributed by atoms with Gasteiger partial charge in [0.1, 0.15) is 5.82 Å². The first-order valence-corrected chi connectivity index (χ1v) is 7.70. The molecule has 0 aromatic carbocycles. The highest BCUT2D eigenvalue weighted by Gasteiger charge is 2.47. The average Bonchev–Trinajstić information content (AvgIpc) is 3.23. The highest BCUT2D eigenvalue weighted by atomic mass is 35.5. The number of aliphatic hydroxyl groups excluding tert-OH is 1. The fourth-order valence-corrected chi connectivity index (χ4v) is 2.83. The average molecular weight is 310 g/mol. The second-order valence-electron chi connectivity index (χ2n) is 6.25. The Morgan fingerprint density at radius 1 is 1.38 bits per heavy atom. The van der Waals surface area contributed by atoms with Crippen molar-refractivity contribution in [1.29, 1.82) is 0 Å². The van der Waals surface area contributed by atoms with Crippen LogP contribution in [0.1, 0.15) is 19.8 Å². The summed E-state index contributed by atoms with van der Waals surface area (Å²) in [4.78, 5) is 20.5. The van der Waals surface area contributed by atoms with Gasteiger partial charge in [0.15, 0.2) is 0 Å². The fraction of sp³-hybridized carbons (Fsp3) is 0.600. The van der Waals surface area contributed by atoms with Gasteiger partial charge in [-0.1, -0.05) is 18.5 Å². The van der Waals surface area contributed by atoms with E-state index in [4.69, 9.17) is 11.6 Å². The number of aromatic nitrogens is 1. The van der Waals surface area contributed by atoms with Gasteiger partial charge < -0.3 is 14.9 Å². The zero-order chi connectivity index (χ0) is 15.0. The van der Waals surface area contributed by atoms with Crippen LogP contribution in [0.4, 0.5) is 5.82 Å². The number of pyridine rings is 1. The molecule has 0 radical (unpaired) electrons. The van der Waals surface area contributed by atoms with Crippen LogP contribution < -0.4 is 4.90 Å². The fourth-order valence-electron chi connectivity index (χ4n) is 2.72. The monoisotopic (exact) mass is 309 g/mol. The topological polar surface area (TPSA) is 56.7 Å². The second kappa shape index (κ2) is 5.46. The Kier molecular flexibility index (Phi) is 3.80. The minimum Gasteiger partial charge on any atom is -0.389 e. The predicted molar refractivity (Wildman–Crippen MR) is 81.4 cm³/mol. The maximum atomic E-state index is 12.4. The van der Waals surface area contributed by atoms with Gasteiger partial charge in [0.25, 0.3) is 0 Å². The van der Waals surface area contributed by atoms with Gasteiger partial charge in [-0.15, -0.1) is 0 Å². The van der Waals surface area contributed by atoms with Crippen molar-refractivity contribution in [3.8, 4) is 0 Å². The Labute approximate surface area is 129 Å². The number of hydrogen-bond acceptors (Lipinski definition) is 4. The van der Waals surface area contributed by atoms with Crippen LogP contribution in [0.3, 0.4) is 0 Å². The van der Waals surface area contributed by atoms with Crippen molar-refractivity contribution in [1.82, 2.24) is 9.88 Å². The lowest BCUT2D eigenvalue weighted by Crippen LogP contribution is -2.41. The van der Waals surface area contributed by atoms with Gasteiger partial charge in [-0.3, -0.25) is 4.79 Å². The van der Waals surface area contributed by atoms with Crippen LogP contribution in [-0.2, 0) is 4.79 Å². The molecule has 2 fully saturated rings. The third-order valence-electron chi connectivity index (χ3n) is 4.34. The van der Waals surface area contributed by atoms with Gasteiger partial charge in [0.2, 0.25) is 5.91 Å². The van der Waals surface area contributed by atoms with E-state index in [1.54, 1.807) is 17.2 Å². The molecule has 1 aromatic heterocycles. The smallest absolute Gasteiger partial charge is 0.228 e. The zero-order valence-electron chi connectivity index (χ0n) is 12.1. The Hall–Kier alpha value is -1.33. The highest BCUT2D eigenvalue weighted by molar-refractivity contribution is 6.30. The molecule has 21 heavy (non-hydrogen) atoms. The molecule has 1 amide bonds. The molecule has 1 aliphatic carbocycles. The van der Waals surface area contributed by atoms with Crippen molar-refractivity contribution < 1.29 is 9.90 Å². The zero-order valence-corrected chi connectivity index (χ0v) is 12.9. The summed E-state index contributed by atoms with van der Waals surface area (Å²) in [7, 11) is 0. The summed E-state index contributed by atoms with van der Waals surface area (Å²) < 4.78 is 0. The number of carbonyl (C=O) groups is 1. The van der Waals surface area contributed by atoms with E-state index in [9.17, 15) is 9.90 Å². The van der Waals surface area contributed by atoms with Crippen LogP contribution in [-0.4, -0.2) is 53.2 Å². The number of hydrogen-bond donors (Lipinski definition) is 1. The Balaban J connectivity index is 1.70. The molecule has 1 N–H and O–H groups in total. The van der Waals surface area contributed by atoms with Gasteiger partial charge in [0.05, 0.1) is 11.1 Å². The summed E-state index contributed by atoms with van der Waals surface area (Å²) in [6.07, 6.45) is 2.96. The Morgan fingerprint density at radius 2 is 2.14 bits per heavy atom. The van der Waals surface area contributed by atoms with Crippen LogP contribution in [0.5, 0.6) is 0 Å². The molecule has 3 rings (SSSR count). The molecule has 1 atom stereocenters. The van der Waals surface area contributed by atoms with E-state index in [2.05, 4.69) is 4.98 Å². The van der Waals surface area contributed by atoms with Crippen molar-refractivity contribution in [3.63, 3.8) is 0 Å². The molecule has 1 aliphatic heterocycles. The molecule has 6 heteroatoms. The Bertz CT molecular complexity index is 530. The van der Waals surface area contributed by atoms with Crippen molar-refractivity contribution in [2.75, 3.05) is 31.1 Å². The molecular weight excluding hydrogens is 290 g/mol. The molecule has 1 aromatic rings. The van der Waals surface area contributed by atoms with Gasteiger partial charge in [-0.05, 0) is 25.0 Å². The maximum absolute atomic E-state index is 12.4. The van der Waals surface area contributed by atoms with E-state index in [0.29, 0.717) is 31.2 Å². The van der Waals surface area contributed by atoms with Gasteiger partial charge in [-0.25, -0.2) is 4.98 Å². The summed E-state index contributed by atoms with van der Waals surface area (Å²) in [5.74, 6) is 0.956. The van der Waals surface area contributed by atoms with Crippen molar-refractivity contribution >= 4 is 23.3 Å². The van der Waals surface area contributed by atoms with Crippen molar-refractivity contribution in [2.45, 2.75) is 25.9 Å². The molecular formula is C15H20ClN3O2. The number of aliphatic hydroxyl groups is 1. The number of rotatable bonds is 2. The van der Waals surface area contributed by atoms with Gasteiger partial charge >= 0.3 is 0 Å². The third-order valence-corrected chi connectivity index (χ3v) is 4.56. The molecule has 0 bridgehead atoms. The molecule has 0 spiro atoms. The molecule has 2 heterocycles. The Morgan fingerprint density at radius 3 is 2.76 bits per heavy atom. The van der Waals surface area contributed by atoms with Crippen LogP contribution in [0.15, 0.2) is 18.3 Å². The summed E-state index contributed by atoms with van der Waals surface area (Å²) >= 11 is 5.85. The third kappa shape index (κ3) is 3.14. The van der Waals surface area contributed by atoms with Crippen LogP contribution in [0.25, 0.3) is 0 Å². The standard InChI is InChI=1S/C15H20ClN3O2/c1-15(4-5-15)14(21)19-7-6-18(9-12(20)10-19)13-3-2-11(16)8-17-13/h2-3,8,12,20H,4-7,9-10H2,1H3/t12-/m1/s1. The lowest BCUT2D eigenvalue weighted by atomic mass is 10.1. The number of anilines is 1. The summed E-state index contributed by atoms with van der Waals surface area (Å²) in [6.45, 7) is 4.18. The SMILES string of the molecule is CC1(C(=O)N2CCN(c3ccc(Cl)cn3)C[C@@H](O)C2)CC1. The van der Waals surface area contributed by atoms with Crippen LogP contribution in [0.2, 0.25) is 5.02 Å². The first-order chi connectivity index (χ1) is 9.98. The number of amides is 1. The molecule has 0 unspecified atom stereocenters. The quantitative estimate of drug-likeness (QED) is 0.900. The summed E-state index contributed by atoms with van der Waals surface area (Å²) in [5.41, 5.74) is -0.187. The highest BCUT2D eigenvalue weighted by Crippen LogP contribution is 2.46. The van der Waals surface area contributed by atoms with Crippen molar-refractivity contribution in [3.05, 3.63) is 23.4 Å². The number of carbonyl (C=O) groups excluding carboxylic acids is 1. The summed E-state index contributed by atoms with van der Waals surface area (Å²) in [5, 5.41) is 10.8. The van der Waals surface area contributed by atoms with E-state index in [-0.39, 0.29) is 11.3 Å². The normalized spacial score (nSPS) is 24.6. The number of halogens is 1. The second-order valence-corrected chi connectivity index (χ2v) is 6.68. The minimum absolute atomic E-state index is 0.174.